The van der Waals surface area contributed by atoms with Crippen molar-refractivity contribution in [3.05, 3.63) is 71.3 Å². The van der Waals surface area contributed by atoms with Crippen molar-refractivity contribution >= 4 is 0 Å². The average molecular weight is 267 g/mol. The minimum atomic E-state index is 0.404. The van der Waals surface area contributed by atoms with Crippen LogP contribution in [0.1, 0.15) is 43.5 Å². The molecule has 0 saturated carbocycles. The molecule has 2 aromatic carbocycles. The first-order valence-corrected chi connectivity index (χ1v) is 7.57. The summed E-state index contributed by atoms with van der Waals surface area (Å²) >= 11 is 0. The molecule has 1 nitrogen and oxygen atoms in total. The molecule has 0 radical (unpaired) electrons. The molecular formula is C19H25N. The van der Waals surface area contributed by atoms with Crippen molar-refractivity contribution in [2.45, 2.75) is 39.8 Å². The lowest BCUT2D eigenvalue weighted by molar-refractivity contribution is 0.410. The Labute approximate surface area is 123 Å². The molecule has 0 fully saturated rings. The summed E-state index contributed by atoms with van der Waals surface area (Å²) in [7, 11) is 0. The van der Waals surface area contributed by atoms with Crippen molar-refractivity contribution in [3.8, 4) is 0 Å². The van der Waals surface area contributed by atoms with Gasteiger partial charge in [-0.2, -0.15) is 0 Å². The zero-order chi connectivity index (χ0) is 14.4. The van der Waals surface area contributed by atoms with Crippen LogP contribution in [0.3, 0.4) is 0 Å². The number of rotatable bonds is 6. The van der Waals surface area contributed by atoms with Crippen LogP contribution in [0.2, 0.25) is 0 Å². The summed E-state index contributed by atoms with van der Waals surface area (Å²) in [5, 5.41) is 3.73. The van der Waals surface area contributed by atoms with Crippen LogP contribution in [0.5, 0.6) is 0 Å². The number of hydrogen-bond donors (Lipinski definition) is 1. The van der Waals surface area contributed by atoms with E-state index in [1.54, 1.807) is 0 Å². The molecule has 0 heterocycles. The Morgan fingerprint density at radius 1 is 0.850 bits per heavy atom. The summed E-state index contributed by atoms with van der Waals surface area (Å²) in [6.45, 7) is 7.70. The van der Waals surface area contributed by atoms with Gasteiger partial charge in [-0.1, -0.05) is 75.4 Å². The van der Waals surface area contributed by atoms with Crippen LogP contribution >= 0.6 is 0 Å². The molecule has 1 N–H and O–H groups in total. The highest BCUT2D eigenvalue weighted by molar-refractivity contribution is 5.27. The summed E-state index contributed by atoms with van der Waals surface area (Å²) in [5.74, 6) is 0.575. The summed E-state index contributed by atoms with van der Waals surface area (Å²) < 4.78 is 0. The number of hydrogen-bond acceptors (Lipinski definition) is 1. The Morgan fingerprint density at radius 3 is 2.05 bits per heavy atom. The third-order valence-electron chi connectivity index (χ3n) is 3.84. The Morgan fingerprint density at radius 2 is 1.45 bits per heavy atom. The van der Waals surface area contributed by atoms with E-state index >= 15 is 0 Å². The maximum atomic E-state index is 3.73. The van der Waals surface area contributed by atoms with E-state index in [4.69, 9.17) is 0 Å². The van der Waals surface area contributed by atoms with E-state index in [2.05, 4.69) is 80.7 Å². The van der Waals surface area contributed by atoms with Crippen LogP contribution in [0.25, 0.3) is 0 Å². The van der Waals surface area contributed by atoms with Crippen molar-refractivity contribution in [1.29, 1.82) is 0 Å². The lowest BCUT2D eigenvalue weighted by atomic mass is 9.95. The summed E-state index contributed by atoms with van der Waals surface area (Å²) in [4.78, 5) is 0. The standard InChI is InChI=1S/C19H25N/c1-4-16-10-8-9-13-18(16)14-20-19(15(2)3)17-11-6-5-7-12-17/h5-13,15,19-20H,4,14H2,1-3H3. The van der Waals surface area contributed by atoms with Crippen molar-refractivity contribution in [3.63, 3.8) is 0 Å². The van der Waals surface area contributed by atoms with Crippen molar-refractivity contribution in [2.24, 2.45) is 5.92 Å². The molecule has 1 unspecified atom stereocenters. The topological polar surface area (TPSA) is 12.0 Å². The first-order valence-electron chi connectivity index (χ1n) is 7.57. The van der Waals surface area contributed by atoms with Gasteiger partial charge in [-0.05, 0) is 29.0 Å². The first kappa shape index (κ1) is 14.8. The zero-order valence-corrected chi connectivity index (χ0v) is 12.8. The Hall–Kier alpha value is -1.60. The van der Waals surface area contributed by atoms with Gasteiger partial charge in [0.05, 0.1) is 0 Å². The maximum absolute atomic E-state index is 3.73. The molecule has 0 amide bonds. The monoisotopic (exact) mass is 267 g/mol. The van der Waals surface area contributed by atoms with Gasteiger partial charge in [-0.15, -0.1) is 0 Å². The second-order valence-corrected chi connectivity index (χ2v) is 5.64. The second kappa shape index (κ2) is 7.25. The fourth-order valence-corrected chi connectivity index (χ4v) is 2.69. The van der Waals surface area contributed by atoms with Gasteiger partial charge >= 0.3 is 0 Å². The van der Waals surface area contributed by atoms with E-state index in [1.807, 2.05) is 0 Å². The molecule has 2 rings (SSSR count). The van der Waals surface area contributed by atoms with Crippen molar-refractivity contribution < 1.29 is 0 Å². The minimum Gasteiger partial charge on any atom is -0.306 e. The predicted molar refractivity (Wildman–Crippen MR) is 86.7 cm³/mol. The van der Waals surface area contributed by atoms with Crippen LogP contribution in [0, 0.1) is 5.92 Å². The van der Waals surface area contributed by atoms with E-state index in [1.165, 1.54) is 16.7 Å². The minimum absolute atomic E-state index is 0.404. The molecule has 1 atom stereocenters. The van der Waals surface area contributed by atoms with E-state index in [0.717, 1.165) is 13.0 Å². The summed E-state index contributed by atoms with van der Waals surface area (Å²) in [6.07, 6.45) is 1.09. The van der Waals surface area contributed by atoms with E-state index in [9.17, 15) is 0 Å². The molecule has 2 aromatic rings. The SMILES string of the molecule is CCc1ccccc1CNC(c1ccccc1)C(C)C. The summed E-state index contributed by atoms with van der Waals surface area (Å²) in [6, 6.07) is 19.8. The molecule has 106 valence electrons. The van der Waals surface area contributed by atoms with Crippen molar-refractivity contribution in [1.82, 2.24) is 5.32 Å². The third kappa shape index (κ3) is 3.71. The first-order chi connectivity index (χ1) is 9.72. The molecule has 0 aromatic heterocycles. The molecule has 0 spiro atoms. The lowest BCUT2D eigenvalue weighted by Crippen LogP contribution is -2.25. The zero-order valence-electron chi connectivity index (χ0n) is 12.8. The average Bonchev–Trinajstić information content (AvgIpc) is 2.48. The molecule has 0 aliphatic carbocycles. The van der Waals surface area contributed by atoms with Gasteiger partial charge in [-0.25, -0.2) is 0 Å². The van der Waals surface area contributed by atoms with Crippen molar-refractivity contribution in [2.75, 3.05) is 0 Å². The molecule has 0 aliphatic rings. The van der Waals surface area contributed by atoms with E-state index < -0.39 is 0 Å². The van der Waals surface area contributed by atoms with Crippen LogP contribution in [0.4, 0.5) is 0 Å². The predicted octanol–water partition coefficient (Wildman–Crippen LogP) is 4.74. The van der Waals surface area contributed by atoms with E-state index in [-0.39, 0.29) is 0 Å². The molecule has 0 bridgehead atoms. The van der Waals surface area contributed by atoms with Gasteiger partial charge < -0.3 is 5.32 Å². The second-order valence-electron chi connectivity index (χ2n) is 5.64. The number of nitrogens with one attached hydrogen (secondary N) is 1. The normalized spacial score (nSPS) is 12.6. The maximum Gasteiger partial charge on any atom is 0.0346 e. The fourth-order valence-electron chi connectivity index (χ4n) is 2.69. The van der Waals surface area contributed by atoms with Crippen LogP contribution in [-0.4, -0.2) is 0 Å². The largest absolute Gasteiger partial charge is 0.306 e. The molecule has 0 saturated heterocycles. The van der Waals surface area contributed by atoms with Gasteiger partial charge in [0.1, 0.15) is 0 Å². The number of benzene rings is 2. The highest BCUT2D eigenvalue weighted by atomic mass is 14.9. The van der Waals surface area contributed by atoms with Gasteiger partial charge in [0.25, 0.3) is 0 Å². The van der Waals surface area contributed by atoms with Gasteiger partial charge in [0, 0.05) is 12.6 Å². The molecule has 0 aliphatic heterocycles. The fraction of sp³-hybridized carbons (Fsp3) is 0.368. The van der Waals surface area contributed by atoms with Gasteiger partial charge in [0.2, 0.25) is 0 Å². The van der Waals surface area contributed by atoms with Gasteiger partial charge in [0.15, 0.2) is 0 Å². The highest BCUT2D eigenvalue weighted by Gasteiger charge is 2.15. The molecule has 1 heteroatoms. The third-order valence-corrected chi connectivity index (χ3v) is 3.84. The smallest absolute Gasteiger partial charge is 0.0346 e. The van der Waals surface area contributed by atoms with Crippen LogP contribution in [0.15, 0.2) is 54.6 Å². The van der Waals surface area contributed by atoms with E-state index in [0.29, 0.717) is 12.0 Å². The van der Waals surface area contributed by atoms with Gasteiger partial charge in [-0.3, -0.25) is 0 Å². The Balaban J connectivity index is 2.10. The molecule has 20 heavy (non-hydrogen) atoms. The lowest BCUT2D eigenvalue weighted by Gasteiger charge is -2.23. The number of aryl methyl sites for hydroxylation is 1. The highest BCUT2D eigenvalue weighted by Crippen LogP contribution is 2.22. The summed E-state index contributed by atoms with van der Waals surface area (Å²) in [5.41, 5.74) is 4.23. The Bertz CT molecular complexity index is 516. The molecular weight excluding hydrogens is 242 g/mol. The van der Waals surface area contributed by atoms with Crippen LogP contribution < -0.4 is 5.32 Å². The Kier molecular flexibility index (Phi) is 5.37. The quantitative estimate of drug-likeness (QED) is 0.797. The van der Waals surface area contributed by atoms with Crippen LogP contribution in [-0.2, 0) is 13.0 Å².